The highest BCUT2D eigenvalue weighted by atomic mass is 16.6. The molecule has 0 fully saturated rings. The molecule has 0 saturated heterocycles. The van der Waals surface area contributed by atoms with E-state index in [1.165, 1.54) is 6.07 Å². The molecule has 3 aromatic carbocycles. The van der Waals surface area contributed by atoms with E-state index in [1.54, 1.807) is 12.1 Å². The van der Waals surface area contributed by atoms with Gasteiger partial charge in [-0.15, -0.1) is 0 Å². The molecule has 1 aliphatic carbocycles. The number of hydrogen-bond donors (Lipinski definition) is 1. The Balaban J connectivity index is 1.65. The molecule has 1 amide bonds. The number of benzene rings is 3. The van der Waals surface area contributed by atoms with Gasteiger partial charge in [0.15, 0.2) is 5.78 Å². The predicted molar refractivity (Wildman–Crippen MR) is 153 cm³/mol. The van der Waals surface area contributed by atoms with Gasteiger partial charge in [-0.25, -0.2) is 0 Å². The van der Waals surface area contributed by atoms with E-state index in [2.05, 4.69) is 12.2 Å². The lowest BCUT2D eigenvalue weighted by Gasteiger charge is -2.35. The number of Topliss-reactive ketones (excluding diaryl/α,β-unsaturated/α-hetero) is 1. The Morgan fingerprint density at radius 1 is 1.00 bits per heavy atom. The number of hydrogen-bond acceptors (Lipinski definition) is 5. The number of nitro groups is 1. The largest absolute Gasteiger partial charge is 0.357 e. The van der Waals surface area contributed by atoms with Gasteiger partial charge in [0.05, 0.1) is 22.3 Å². The molecule has 0 aromatic heterocycles. The average molecular weight is 524 g/mol. The minimum Gasteiger partial charge on any atom is -0.357 e. The molecule has 2 aliphatic rings. The normalized spacial score (nSPS) is 18.6. The number of carbonyl (C=O) groups excluding carboxylic acids is 2. The Morgan fingerprint density at radius 2 is 1.77 bits per heavy atom. The van der Waals surface area contributed by atoms with Crippen molar-refractivity contribution in [2.75, 3.05) is 10.2 Å². The Hall–Kier alpha value is -4.26. The van der Waals surface area contributed by atoms with Crippen LogP contribution in [-0.2, 0) is 9.59 Å². The molecule has 0 unspecified atom stereocenters. The first-order valence-electron chi connectivity index (χ1n) is 13.6. The maximum Gasteiger partial charge on any atom is 0.269 e. The van der Waals surface area contributed by atoms with Crippen molar-refractivity contribution in [2.24, 2.45) is 0 Å². The smallest absolute Gasteiger partial charge is 0.269 e. The van der Waals surface area contributed by atoms with Crippen LogP contribution in [0, 0.1) is 17.0 Å². The summed E-state index contributed by atoms with van der Waals surface area (Å²) in [6.45, 7) is 4.13. The average Bonchev–Trinajstić information content (AvgIpc) is 3.08. The monoisotopic (exact) mass is 523 g/mol. The highest BCUT2D eigenvalue weighted by Crippen LogP contribution is 2.47. The number of anilines is 2. The number of non-ortho nitro benzene ring substituents is 1. The lowest BCUT2D eigenvalue weighted by atomic mass is 9.78. The van der Waals surface area contributed by atoms with Crippen molar-refractivity contribution in [2.45, 2.75) is 64.3 Å². The summed E-state index contributed by atoms with van der Waals surface area (Å²) >= 11 is 0. The zero-order chi connectivity index (χ0) is 27.5. The number of allylic oxidation sites excluding steroid dienone is 1. The van der Waals surface area contributed by atoms with Gasteiger partial charge in [-0.3, -0.25) is 24.6 Å². The lowest BCUT2D eigenvalue weighted by Crippen LogP contribution is -2.38. The first-order chi connectivity index (χ1) is 18.9. The van der Waals surface area contributed by atoms with Crippen LogP contribution in [0.15, 0.2) is 84.1 Å². The number of nitrogens with one attached hydrogen (secondary N) is 1. The summed E-state index contributed by atoms with van der Waals surface area (Å²) < 4.78 is 0. The van der Waals surface area contributed by atoms with Gasteiger partial charge in [0.1, 0.15) is 0 Å². The predicted octanol–water partition coefficient (Wildman–Crippen LogP) is 7.38. The van der Waals surface area contributed by atoms with E-state index in [0.29, 0.717) is 18.4 Å². The number of para-hydroxylation sites is 2. The quantitative estimate of drug-likeness (QED) is 0.198. The molecule has 1 heterocycles. The third-order valence-electron chi connectivity index (χ3n) is 7.70. The van der Waals surface area contributed by atoms with Crippen LogP contribution in [0.4, 0.5) is 17.1 Å². The summed E-state index contributed by atoms with van der Waals surface area (Å²) in [5.74, 6) is -0.267. The van der Waals surface area contributed by atoms with Crippen molar-refractivity contribution in [3.05, 3.63) is 111 Å². The summed E-state index contributed by atoms with van der Waals surface area (Å²) in [7, 11) is 0. The van der Waals surface area contributed by atoms with Gasteiger partial charge in [0, 0.05) is 36.2 Å². The summed E-state index contributed by atoms with van der Waals surface area (Å²) in [5.41, 5.74) is 5.65. The molecule has 5 rings (SSSR count). The number of ketones is 1. The van der Waals surface area contributed by atoms with E-state index in [1.807, 2.05) is 66.4 Å². The van der Waals surface area contributed by atoms with E-state index in [-0.39, 0.29) is 29.7 Å². The van der Waals surface area contributed by atoms with Crippen LogP contribution in [-0.4, -0.2) is 16.6 Å². The van der Waals surface area contributed by atoms with Gasteiger partial charge in [0.2, 0.25) is 5.91 Å². The minimum atomic E-state index is -0.565. The first-order valence-corrected chi connectivity index (χ1v) is 13.6. The Bertz CT molecular complexity index is 1440. The summed E-state index contributed by atoms with van der Waals surface area (Å²) in [6.07, 6.45) is 3.90. The molecule has 0 bridgehead atoms. The van der Waals surface area contributed by atoms with Crippen LogP contribution in [0.2, 0.25) is 0 Å². The third-order valence-corrected chi connectivity index (χ3v) is 7.70. The van der Waals surface area contributed by atoms with Crippen LogP contribution >= 0.6 is 0 Å². The lowest BCUT2D eigenvalue weighted by molar-refractivity contribution is -0.384. The summed E-state index contributed by atoms with van der Waals surface area (Å²) in [5, 5.41) is 14.9. The highest BCUT2D eigenvalue weighted by molar-refractivity contribution is 6.06. The van der Waals surface area contributed by atoms with Gasteiger partial charge in [0.25, 0.3) is 5.69 Å². The molecule has 200 valence electrons. The van der Waals surface area contributed by atoms with Crippen LogP contribution in [0.3, 0.4) is 0 Å². The number of carbonyl (C=O) groups is 2. The molecule has 2 atom stereocenters. The van der Waals surface area contributed by atoms with Crippen molar-refractivity contribution < 1.29 is 14.5 Å². The fraction of sp³-hybridized carbons (Fsp3) is 0.312. The fourth-order valence-electron chi connectivity index (χ4n) is 5.70. The van der Waals surface area contributed by atoms with Gasteiger partial charge in [-0.2, -0.15) is 0 Å². The van der Waals surface area contributed by atoms with E-state index in [0.717, 1.165) is 53.0 Å². The van der Waals surface area contributed by atoms with E-state index < -0.39 is 11.0 Å². The molecule has 0 radical (unpaired) electrons. The van der Waals surface area contributed by atoms with Crippen molar-refractivity contribution in [1.82, 2.24) is 0 Å². The van der Waals surface area contributed by atoms with Crippen LogP contribution in [0.25, 0.3) is 0 Å². The molecular weight excluding hydrogens is 490 g/mol. The van der Waals surface area contributed by atoms with Crippen LogP contribution in [0.5, 0.6) is 0 Å². The first kappa shape index (κ1) is 26.4. The molecule has 7 nitrogen and oxygen atoms in total. The second-order valence-corrected chi connectivity index (χ2v) is 10.4. The number of nitro benzene ring substituents is 1. The van der Waals surface area contributed by atoms with Crippen LogP contribution < -0.4 is 10.2 Å². The molecule has 1 N–H and O–H groups in total. The second kappa shape index (κ2) is 11.2. The minimum absolute atomic E-state index is 0.00867. The zero-order valence-corrected chi connectivity index (χ0v) is 22.4. The Morgan fingerprint density at radius 3 is 2.51 bits per heavy atom. The van der Waals surface area contributed by atoms with Gasteiger partial charge in [-0.1, -0.05) is 73.9 Å². The van der Waals surface area contributed by atoms with Crippen molar-refractivity contribution in [3.8, 4) is 0 Å². The molecule has 1 aliphatic heterocycles. The van der Waals surface area contributed by atoms with Crippen LogP contribution in [0.1, 0.15) is 74.1 Å². The van der Waals surface area contributed by atoms with Gasteiger partial charge < -0.3 is 5.32 Å². The SMILES string of the molecule is CCCCCC(=O)N1c2ccccc2NC2=C(C(=O)C[C@@H](c3cccc([N+](=O)[O-])c3)C2)[C@H]1c1ccc(C)cc1. The van der Waals surface area contributed by atoms with Crippen molar-refractivity contribution in [1.29, 1.82) is 0 Å². The number of unbranched alkanes of at least 4 members (excludes halogenated alkanes) is 2. The van der Waals surface area contributed by atoms with Crippen molar-refractivity contribution >= 4 is 28.8 Å². The zero-order valence-electron chi connectivity index (χ0n) is 22.4. The molecular formula is C32H33N3O4. The number of aryl methyl sites for hydroxylation is 1. The molecule has 0 saturated carbocycles. The van der Waals surface area contributed by atoms with E-state index >= 15 is 0 Å². The number of rotatable bonds is 7. The maximum atomic E-state index is 14.0. The Labute approximate surface area is 228 Å². The second-order valence-electron chi connectivity index (χ2n) is 10.4. The van der Waals surface area contributed by atoms with Gasteiger partial charge in [-0.05, 0) is 48.9 Å². The molecule has 3 aromatic rings. The van der Waals surface area contributed by atoms with Gasteiger partial charge >= 0.3 is 0 Å². The molecule has 0 spiro atoms. The molecule has 39 heavy (non-hydrogen) atoms. The standard InChI is InChI=1S/C32H33N3O4/c1-3-4-5-13-30(37)34-28-12-7-6-11-26(28)33-27-19-24(23-9-8-10-25(18-23)35(38)39)20-29(36)31(27)32(34)22-16-14-21(2)15-17-22/h6-12,14-18,24,32-33H,3-5,13,19-20H2,1-2H3/t24-,32+/m0/s1. The summed E-state index contributed by atoms with van der Waals surface area (Å²) in [6, 6.07) is 21.7. The Kier molecular flexibility index (Phi) is 7.59. The van der Waals surface area contributed by atoms with E-state index in [9.17, 15) is 19.7 Å². The fourth-order valence-corrected chi connectivity index (χ4v) is 5.70. The number of amides is 1. The van der Waals surface area contributed by atoms with Crippen molar-refractivity contribution in [3.63, 3.8) is 0 Å². The molecule has 7 heteroatoms. The maximum absolute atomic E-state index is 14.0. The number of nitrogens with zero attached hydrogens (tertiary/aromatic N) is 2. The summed E-state index contributed by atoms with van der Waals surface area (Å²) in [4.78, 5) is 40.8. The van der Waals surface area contributed by atoms with E-state index in [4.69, 9.17) is 0 Å². The number of fused-ring (bicyclic) bond motifs is 1. The topological polar surface area (TPSA) is 92.6 Å². The highest BCUT2D eigenvalue weighted by Gasteiger charge is 2.41. The third kappa shape index (κ3) is 5.35.